The second-order valence-electron chi connectivity index (χ2n) is 4.55. The molecule has 0 spiro atoms. The zero-order valence-electron chi connectivity index (χ0n) is 10.7. The number of pyridine rings is 1. The fourth-order valence-electron chi connectivity index (χ4n) is 2.13. The standard InChI is InChI=1S/C12H13ClN6O/c13-9-4-10(6-14-5-9)16-12(20)18-2-1-3-19-11(8-18)7-15-17-19/h4-7H,1-3,8H2,(H,16,20). The molecule has 0 unspecified atom stereocenters. The molecule has 0 bridgehead atoms. The van der Waals surface area contributed by atoms with Gasteiger partial charge in [-0.3, -0.25) is 4.98 Å². The molecule has 2 amide bonds. The van der Waals surface area contributed by atoms with E-state index in [-0.39, 0.29) is 6.03 Å². The number of halogens is 1. The molecule has 1 aliphatic rings. The van der Waals surface area contributed by atoms with E-state index in [2.05, 4.69) is 20.6 Å². The van der Waals surface area contributed by atoms with Crippen LogP contribution in [-0.2, 0) is 13.1 Å². The van der Waals surface area contributed by atoms with Gasteiger partial charge in [0.25, 0.3) is 0 Å². The summed E-state index contributed by atoms with van der Waals surface area (Å²) in [7, 11) is 0. The van der Waals surface area contributed by atoms with E-state index < -0.39 is 0 Å². The summed E-state index contributed by atoms with van der Waals surface area (Å²) in [5.74, 6) is 0. The van der Waals surface area contributed by atoms with Crippen LogP contribution in [0.3, 0.4) is 0 Å². The van der Waals surface area contributed by atoms with E-state index in [1.54, 1.807) is 23.4 Å². The highest BCUT2D eigenvalue weighted by Gasteiger charge is 2.19. The predicted molar refractivity (Wildman–Crippen MR) is 73.3 cm³/mol. The average Bonchev–Trinajstić information content (AvgIpc) is 2.76. The number of rotatable bonds is 1. The minimum absolute atomic E-state index is 0.177. The lowest BCUT2D eigenvalue weighted by Crippen LogP contribution is -2.34. The van der Waals surface area contributed by atoms with Crippen LogP contribution in [0.5, 0.6) is 0 Å². The summed E-state index contributed by atoms with van der Waals surface area (Å²) in [6.45, 7) is 1.94. The van der Waals surface area contributed by atoms with Crippen LogP contribution in [0.2, 0.25) is 5.02 Å². The Labute approximate surface area is 120 Å². The van der Waals surface area contributed by atoms with Gasteiger partial charge < -0.3 is 10.2 Å². The SMILES string of the molecule is O=C(Nc1cncc(Cl)c1)N1CCCn2nncc2C1. The summed E-state index contributed by atoms with van der Waals surface area (Å²) in [4.78, 5) is 17.9. The van der Waals surface area contributed by atoms with Gasteiger partial charge in [-0.1, -0.05) is 16.8 Å². The molecule has 3 heterocycles. The van der Waals surface area contributed by atoms with Crippen LogP contribution in [0.25, 0.3) is 0 Å². The number of nitrogens with one attached hydrogen (secondary N) is 1. The molecule has 104 valence electrons. The molecule has 3 rings (SSSR count). The summed E-state index contributed by atoms with van der Waals surface area (Å²) >= 11 is 5.85. The number of aryl methyl sites for hydroxylation is 1. The molecule has 0 saturated carbocycles. The number of hydrogen-bond donors (Lipinski definition) is 1. The van der Waals surface area contributed by atoms with Crippen molar-refractivity contribution < 1.29 is 4.79 Å². The first-order valence-electron chi connectivity index (χ1n) is 6.26. The van der Waals surface area contributed by atoms with Crippen LogP contribution in [0.15, 0.2) is 24.7 Å². The molecule has 20 heavy (non-hydrogen) atoms. The van der Waals surface area contributed by atoms with E-state index in [4.69, 9.17) is 11.6 Å². The minimum atomic E-state index is -0.177. The third-order valence-corrected chi connectivity index (χ3v) is 3.30. The van der Waals surface area contributed by atoms with Gasteiger partial charge in [0.15, 0.2) is 0 Å². The first-order chi connectivity index (χ1) is 9.72. The van der Waals surface area contributed by atoms with Crippen molar-refractivity contribution in [2.24, 2.45) is 0 Å². The number of anilines is 1. The summed E-state index contributed by atoms with van der Waals surface area (Å²) in [5, 5.41) is 11.1. The van der Waals surface area contributed by atoms with Crippen molar-refractivity contribution in [1.29, 1.82) is 0 Å². The Morgan fingerprint density at radius 2 is 2.20 bits per heavy atom. The van der Waals surface area contributed by atoms with E-state index >= 15 is 0 Å². The van der Waals surface area contributed by atoms with Crippen molar-refractivity contribution in [2.45, 2.75) is 19.5 Å². The molecule has 1 N–H and O–H groups in total. The Morgan fingerprint density at radius 3 is 3.05 bits per heavy atom. The molecule has 0 saturated heterocycles. The third kappa shape index (κ3) is 2.72. The van der Waals surface area contributed by atoms with E-state index in [0.29, 0.717) is 23.8 Å². The second-order valence-corrected chi connectivity index (χ2v) is 4.98. The Hall–Kier alpha value is -2.15. The van der Waals surface area contributed by atoms with Gasteiger partial charge in [0, 0.05) is 19.3 Å². The number of nitrogens with zero attached hydrogens (tertiary/aromatic N) is 5. The van der Waals surface area contributed by atoms with Gasteiger partial charge in [-0.05, 0) is 12.5 Å². The maximum absolute atomic E-state index is 12.3. The van der Waals surface area contributed by atoms with Crippen LogP contribution in [-0.4, -0.2) is 37.5 Å². The number of amides is 2. The van der Waals surface area contributed by atoms with Crippen LogP contribution in [0.4, 0.5) is 10.5 Å². The summed E-state index contributed by atoms with van der Waals surface area (Å²) in [5.41, 5.74) is 1.51. The molecule has 0 fully saturated rings. The highest BCUT2D eigenvalue weighted by atomic mass is 35.5. The van der Waals surface area contributed by atoms with Crippen LogP contribution < -0.4 is 5.32 Å². The van der Waals surface area contributed by atoms with Gasteiger partial charge in [-0.25, -0.2) is 9.48 Å². The highest BCUT2D eigenvalue weighted by molar-refractivity contribution is 6.30. The van der Waals surface area contributed by atoms with E-state index in [0.717, 1.165) is 18.7 Å². The highest BCUT2D eigenvalue weighted by Crippen LogP contribution is 2.15. The van der Waals surface area contributed by atoms with Crippen molar-refractivity contribution in [3.63, 3.8) is 0 Å². The molecular weight excluding hydrogens is 280 g/mol. The minimum Gasteiger partial charge on any atom is -0.319 e. The quantitative estimate of drug-likeness (QED) is 0.869. The van der Waals surface area contributed by atoms with Gasteiger partial charge in [-0.15, -0.1) is 5.10 Å². The lowest BCUT2D eigenvalue weighted by atomic mass is 10.4. The van der Waals surface area contributed by atoms with E-state index in [9.17, 15) is 4.79 Å². The second kappa shape index (κ2) is 5.46. The fraction of sp³-hybridized carbons (Fsp3) is 0.333. The van der Waals surface area contributed by atoms with Gasteiger partial charge in [0.2, 0.25) is 0 Å². The number of carbonyl (C=O) groups excluding carboxylic acids is 1. The lowest BCUT2D eigenvalue weighted by Gasteiger charge is -2.20. The third-order valence-electron chi connectivity index (χ3n) is 3.09. The van der Waals surface area contributed by atoms with Crippen LogP contribution in [0, 0.1) is 0 Å². The lowest BCUT2D eigenvalue weighted by molar-refractivity contribution is 0.210. The number of carbonyl (C=O) groups is 1. The van der Waals surface area contributed by atoms with Gasteiger partial charge in [0.05, 0.1) is 35.3 Å². The normalized spacial score (nSPS) is 14.6. The van der Waals surface area contributed by atoms with Gasteiger partial charge in [-0.2, -0.15) is 0 Å². The van der Waals surface area contributed by atoms with Crippen LogP contribution >= 0.6 is 11.6 Å². The van der Waals surface area contributed by atoms with Crippen molar-refractivity contribution in [3.05, 3.63) is 35.4 Å². The molecule has 0 aliphatic carbocycles. The summed E-state index contributed by atoms with van der Waals surface area (Å²) in [6.07, 6.45) is 5.62. The monoisotopic (exact) mass is 292 g/mol. The van der Waals surface area contributed by atoms with Crippen molar-refractivity contribution in [3.8, 4) is 0 Å². The van der Waals surface area contributed by atoms with E-state index in [1.807, 2.05) is 4.68 Å². The maximum atomic E-state index is 12.3. The van der Waals surface area contributed by atoms with Crippen molar-refractivity contribution >= 4 is 23.3 Å². The van der Waals surface area contributed by atoms with E-state index in [1.165, 1.54) is 6.20 Å². The average molecular weight is 293 g/mol. The smallest absolute Gasteiger partial charge is 0.319 e. The van der Waals surface area contributed by atoms with Gasteiger partial charge >= 0.3 is 6.03 Å². The molecule has 0 aromatic carbocycles. The fourth-order valence-corrected chi connectivity index (χ4v) is 2.31. The number of aromatic nitrogens is 4. The molecule has 0 atom stereocenters. The maximum Gasteiger partial charge on any atom is 0.322 e. The first kappa shape index (κ1) is 12.9. The zero-order chi connectivity index (χ0) is 13.9. The predicted octanol–water partition coefficient (Wildman–Crippen LogP) is 1.76. The Balaban J connectivity index is 1.71. The Morgan fingerprint density at radius 1 is 1.30 bits per heavy atom. The molecule has 2 aromatic rings. The molecule has 7 nitrogen and oxygen atoms in total. The summed E-state index contributed by atoms with van der Waals surface area (Å²) in [6, 6.07) is 1.49. The summed E-state index contributed by atoms with van der Waals surface area (Å²) < 4.78 is 1.83. The molecular formula is C12H13ClN6O. The molecule has 1 aliphatic heterocycles. The molecule has 2 aromatic heterocycles. The molecule has 0 radical (unpaired) electrons. The first-order valence-corrected chi connectivity index (χ1v) is 6.64. The van der Waals surface area contributed by atoms with Gasteiger partial charge in [0.1, 0.15) is 0 Å². The van der Waals surface area contributed by atoms with Crippen molar-refractivity contribution in [1.82, 2.24) is 24.9 Å². The van der Waals surface area contributed by atoms with Crippen LogP contribution in [0.1, 0.15) is 12.1 Å². The Kier molecular flexibility index (Phi) is 3.51. The Bertz CT molecular complexity index is 628. The topological polar surface area (TPSA) is 75.9 Å². The largest absolute Gasteiger partial charge is 0.322 e. The number of fused-ring (bicyclic) bond motifs is 1. The molecule has 8 heteroatoms. The zero-order valence-corrected chi connectivity index (χ0v) is 11.4. The van der Waals surface area contributed by atoms with Crippen molar-refractivity contribution in [2.75, 3.05) is 11.9 Å². The number of urea groups is 1. The number of hydrogen-bond acceptors (Lipinski definition) is 4.